The van der Waals surface area contributed by atoms with Gasteiger partial charge in [-0.25, -0.2) is 0 Å². The molecule has 0 bridgehead atoms. The normalized spacial score (nSPS) is 22.0. The molecule has 2 aromatic rings. The van der Waals surface area contributed by atoms with Gasteiger partial charge in [0, 0.05) is 0 Å². The average Bonchev–Trinajstić information content (AvgIpc) is 3.47. The van der Waals surface area contributed by atoms with Crippen molar-refractivity contribution >= 4 is 34.1 Å². The van der Waals surface area contributed by atoms with Crippen molar-refractivity contribution in [2.45, 2.75) is 61.9 Å². The van der Waals surface area contributed by atoms with Crippen molar-refractivity contribution in [1.29, 1.82) is 0 Å². The van der Waals surface area contributed by atoms with Crippen LogP contribution in [0.1, 0.15) is 52.7 Å². The van der Waals surface area contributed by atoms with Crippen molar-refractivity contribution in [3.63, 3.8) is 0 Å². The molecule has 4 heteroatoms. The van der Waals surface area contributed by atoms with Crippen molar-refractivity contribution in [3.05, 3.63) is 107 Å². The molecule has 2 unspecified atom stereocenters. The van der Waals surface area contributed by atoms with E-state index in [0.717, 1.165) is 0 Å². The van der Waals surface area contributed by atoms with Crippen LogP contribution in [0, 0.1) is 10.8 Å². The van der Waals surface area contributed by atoms with E-state index in [0.29, 0.717) is 0 Å². The zero-order chi connectivity index (χ0) is 26.5. The van der Waals surface area contributed by atoms with Gasteiger partial charge in [-0.2, -0.15) is 0 Å². The molecule has 36 heavy (non-hydrogen) atoms. The van der Waals surface area contributed by atoms with E-state index in [1.807, 2.05) is 0 Å². The Labute approximate surface area is 228 Å². The van der Waals surface area contributed by atoms with Crippen LogP contribution in [0.25, 0.3) is 11.1 Å². The molecule has 0 spiro atoms. The molecule has 2 aliphatic carbocycles. The number of allylic oxidation sites excluding steroid dienone is 8. The predicted octanol–water partition coefficient (Wildman–Crippen LogP) is 10.7. The maximum absolute atomic E-state index is 8.33. The number of rotatable bonds is 5. The van der Waals surface area contributed by atoms with E-state index in [-0.39, 0.29) is 18.1 Å². The van der Waals surface area contributed by atoms with Crippen molar-refractivity contribution in [1.82, 2.24) is 0 Å². The van der Waals surface area contributed by atoms with Crippen LogP contribution in [-0.4, -0.2) is 5.92 Å². The van der Waals surface area contributed by atoms with E-state index < -0.39 is 21.5 Å². The third-order valence-electron chi connectivity index (χ3n) is 8.22. The Bertz CT molecular complexity index is 1160. The second-order valence-corrected chi connectivity index (χ2v) is 55.7. The fourth-order valence-corrected chi connectivity index (χ4v) is 32.8. The van der Waals surface area contributed by atoms with Gasteiger partial charge in [0.25, 0.3) is 0 Å². The fourth-order valence-electron chi connectivity index (χ4n) is 5.69. The van der Waals surface area contributed by atoms with E-state index >= 15 is 0 Å². The SMILES string of the molecule is C[SiH](C)[Zr]([Cl])([Cl])([CH]1C=C(C(C)(C)C)C=C1c1ccccc1)[CH]1C=C(C(C)(C)C)C=C1c1ccccc1. The summed E-state index contributed by atoms with van der Waals surface area (Å²) >= 11 is -4.64. The van der Waals surface area contributed by atoms with Gasteiger partial charge in [-0.1, -0.05) is 0 Å². The van der Waals surface area contributed by atoms with Crippen molar-refractivity contribution in [2.24, 2.45) is 10.8 Å². The van der Waals surface area contributed by atoms with Gasteiger partial charge < -0.3 is 0 Å². The summed E-state index contributed by atoms with van der Waals surface area (Å²) in [7, 11) is 16.7. The van der Waals surface area contributed by atoms with Crippen LogP contribution >= 0.6 is 17.0 Å². The van der Waals surface area contributed by atoms with Gasteiger partial charge in [-0.05, 0) is 0 Å². The van der Waals surface area contributed by atoms with E-state index in [1.54, 1.807) is 0 Å². The van der Waals surface area contributed by atoms with Gasteiger partial charge in [0.15, 0.2) is 0 Å². The molecule has 0 aromatic heterocycles. The summed E-state index contributed by atoms with van der Waals surface area (Å²) in [6.45, 7) is 18.6. The zero-order valence-corrected chi connectivity index (χ0v) is 28.2. The van der Waals surface area contributed by atoms with E-state index in [4.69, 9.17) is 17.0 Å². The Hall–Kier alpha value is -0.920. The van der Waals surface area contributed by atoms with Crippen LogP contribution in [0.3, 0.4) is 0 Å². The molecule has 0 nitrogen and oxygen atoms in total. The summed E-state index contributed by atoms with van der Waals surface area (Å²) < 4.78 is 0.177. The van der Waals surface area contributed by atoms with Gasteiger partial charge in [-0.3, -0.25) is 0 Å². The summed E-state index contributed by atoms with van der Waals surface area (Å²) in [5.41, 5.74) is 7.91. The van der Waals surface area contributed by atoms with Crippen LogP contribution in [0.5, 0.6) is 0 Å². The summed E-state index contributed by atoms with van der Waals surface area (Å²) in [4.78, 5) is 0. The molecule has 4 rings (SSSR count). The first-order valence-electron chi connectivity index (χ1n) is 13.2. The average molecular weight is 616 g/mol. The molecule has 0 saturated heterocycles. The monoisotopic (exact) mass is 613 g/mol. The number of benzene rings is 2. The van der Waals surface area contributed by atoms with Gasteiger partial charge in [0.1, 0.15) is 0 Å². The molecule has 2 aliphatic rings. The van der Waals surface area contributed by atoms with Gasteiger partial charge in [0.05, 0.1) is 0 Å². The van der Waals surface area contributed by atoms with Crippen LogP contribution in [0.4, 0.5) is 0 Å². The minimum absolute atomic E-state index is 0.0321. The predicted molar refractivity (Wildman–Crippen MR) is 162 cm³/mol. The molecular formula is C32H41Cl2SiZr. The van der Waals surface area contributed by atoms with Crippen LogP contribution in [-0.2, 0) is 15.6 Å². The number of hydrogen-bond acceptors (Lipinski definition) is 0. The topological polar surface area (TPSA) is 0 Å². The van der Waals surface area contributed by atoms with Crippen LogP contribution in [0.15, 0.2) is 96.1 Å². The first kappa shape index (κ1) is 28.1. The first-order chi connectivity index (χ1) is 16.6. The zero-order valence-electron chi connectivity index (χ0n) is 23.1. The minimum atomic E-state index is -4.64. The summed E-state index contributed by atoms with van der Waals surface area (Å²) in [6, 6.07) is 21.6. The molecule has 0 aliphatic heterocycles. The van der Waals surface area contributed by atoms with E-state index in [1.165, 1.54) is 33.4 Å². The quantitative estimate of drug-likeness (QED) is 0.294. The number of halogens is 2. The van der Waals surface area contributed by atoms with Crippen molar-refractivity contribution < 1.29 is 15.6 Å². The summed E-state index contributed by atoms with van der Waals surface area (Å²) in [6.07, 6.45) is 9.77. The Morgan fingerprint density at radius 3 is 1.22 bits per heavy atom. The molecule has 0 amide bonds. The summed E-state index contributed by atoms with van der Waals surface area (Å²) in [5, 5.41) is 0. The first-order valence-corrected chi connectivity index (χ1v) is 29.5. The molecule has 191 valence electrons. The fraction of sp³-hybridized carbons (Fsp3) is 0.375. The maximum atomic E-state index is 8.33. The Morgan fingerprint density at radius 1 is 0.611 bits per heavy atom. The van der Waals surface area contributed by atoms with Crippen LogP contribution < -0.4 is 0 Å². The molecule has 0 N–H and O–H groups in total. The van der Waals surface area contributed by atoms with Crippen molar-refractivity contribution in [3.8, 4) is 0 Å². The molecule has 2 atom stereocenters. The third-order valence-corrected chi connectivity index (χ3v) is 60.2. The molecule has 0 heterocycles. The van der Waals surface area contributed by atoms with Gasteiger partial charge in [-0.15, -0.1) is 0 Å². The van der Waals surface area contributed by atoms with Crippen LogP contribution in [0.2, 0.25) is 20.3 Å². The molecule has 0 saturated carbocycles. The van der Waals surface area contributed by atoms with Crippen molar-refractivity contribution in [2.75, 3.05) is 0 Å². The Morgan fingerprint density at radius 2 is 0.944 bits per heavy atom. The third kappa shape index (κ3) is 4.93. The van der Waals surface area contributed by atoms with Gasteiger partial charge >= 0.3 is 230 Å². The van der Waals surface area contributed by atoms with Gasteiger partial charge in [0.2, 0.25) is 0 Å². The Kier molecular flexibility index (Phi) is 7.55. The number of hydrogen-bond donors (Lipinski definition) is 0. The second kappa shape index (κ2) is 9.68. The molecular weight excluding hydrogens is 575 g/mol. The molecule has 2 aromatic carbocycles. The van der Waals surface area contributed by atoms with E-state index in [2.05, 4.69) is 140 Å². The van der Waals surface area contributed by atoms with E-state index in [9.17, 15) is 0 Å². The standard InChI is InChI=1S/2C15H17.C2H7Si.2ClH.Zr/c2*1-15(2,3)14-10-9-13(11-14)12-7-5-4-6-8-12;1-3-2;;;/h2*4-11H,1-3H3;3H,1-2H3;2*1H;/q;;;;;+2/p-2. The summed E-state index contributed by atoms with van der Waals surface area (Å²) in [5.74, 6) is -1.54. The molecule has 0 radical (unpaired) electrons. The second-order valence-electron chi connectivity index (χ2n) is 13.0. The Balaban J connectivity index is 1.99. The molecule has 0 fully saturated rings.